The van der Waals surface area contributed by atoms with Gasteiger partial charge in [0.1, 0.15) is 18.0 Å². The van der Waals surface area contributed by atoms with Gasteiger partial charge in [-0.2, -0.15) is 0 Å². The number of rotatable bonds is 7. The van der Waals surface area contributed by atoms with Crippen LogP contribution in [0.1, 0.15) is 16.8 Å². The lowest BCUT2D eigenvalue weighted by Crippen LogP contribution is -2.27. The Morgan fingerprint density at radius 3 is 2.61 bits per heavy atom. The van der Waals surface area contributed by atoms with Gasteiger partial charge in [-0.25, -0.2) is 15.0 Å². The Labute approximate surface area is 222 Å². The number of hydrogen-bond donors (Lipinski definition) is 1. The molecule has 0 aliphatic carbocycles. The molecule has 38 heavy (non-hydrogen) atoms. The number of nitrogens with zero attached hydrogens (tertiary/aromatic N) is 4. The maximum absolute atomic E-state index is 6.26. The highest BCUT2D eigenvalue weighted by Gasteiger charge is 2.19. The highest BCUT2D eigenvalue weighted by molar-refractivity contribution is 5.95. The van der Waals surface area contributed by atoms with E-state index in [9.17, 15) is 0 Å². The number of fused-ring (bicyclic) bond motifs is 2. The number of hydrogen-bond acceptors (Lipinski definition) is 7. The molecule has 5 aromatic rings. The summed E-state index contributed by atoms with van der Waals surface area (Å²) in [6.45, 7) is 2.33. The van der Waals surface area contributed by atoms with Crippen molar-refractivity contribution >= 4 is 22.5 Å². The summed E-state index contributed by atoms with van der Waals surface area (Å²) in [7, 11) is 3.76. The Kier molecular flexibility index (Phi) is 6.58. The first-order valence-corrected chi connectivity index (χ1v) is 12.7. The monoisotopic (exact) mass is 503 g/mol. The summed E-state index contributed by atoms with van der Waals surface area (Å²) in [6.07, 6.45) is 2.75. The summed E-state index contributed by atoms with van der Waals surface area (Å²) in [5.74, 6) is 1.84. The summed E-state index contributed by atoms with van der Waals surface area (Å²) in [5.41, 5.74) is 6.94. The van der Waals surface area contributed by atoms with Crippen molar-refractivity contribution in [3.63, 3.8) is 0 Å². The van der Waals surface area contributed by atoms with Crippen LogP contribution in [0.3, 0.4) is 0 Å². The molecule has 0 bridgehead atoms. The van der Waals surface area contributed by atoms with Crippen molar-refractivity contribution in [2.75, 3.05) is 26.0 Å². The third-order valence-corrected chi connectivity index (χ3v) is 6.79. The van der Waals surface area contributed by atoms with Crippen LogP contribution in [0, 0.1) is 0 Å². The molecule has 190 valence electrons. The van der Waals surface area contributed by atoms with E-state index in [0.717, 1.165) is 64.2 Å². The molecule has 3 aromatic carbocycles. The Hall–Kier alpha value is -4.49. The quantitative estimate of drug-likeness (QED) is 0.292. The predicted molar refractivity (Wildman–Crippen MR) is 150 cm³/mol. The first-order valence-electron chi connectivity index (χ1n) is 12.7. The van der Waals surface area contributed by atoms with Gasteiger partial charge in [0.15, 0.2) is 0 Å². The zero-order chi connectivity index (χ0) is 25.9. The molecule has 0 amide bonds. The normalized spacial score (nSPS) is 13.2. The average molecular weight is 504 g/mol. The van der Waals surface area contributed by atoms with Crippen LogP contribution in [0.4, 0.5) is 11.6 Å². The zero-order valence-electron chi connectivity index (χ0n) is 21.5. The highest BCUT2D eigenvalue weighted by atomic mass is 16.5. The number of likely N-dealkylation sites (N-methyl/N-ethyl adjacent to an activating group) is 1. The third kappa shape index (κ3) is 4.88. The molecule has 2 aromatic heterocycles. The number of pyridine rings is 1. The maximum atomic E-state index is 6.26. The fourth-order valence-electron chi connectivity index (χ4n) is 4.84. The van der Waals surface area contributed by atoms with E-state index >= 15 is 0 Å². The fraction of sp³-hybridized carbons (Fsp3) is 0.194. The average Bonchev–Trinajstić information content (AvgIpc) is 2.96. The van der Waals surface area contributed by atoms with Crippen molar-refractivity contribution in [2.24, 2.45) is 0 Å². The molecule has 7 nitrogen and oxygen atoms in total. The molecule has 1 aliphatic heterocycles. The van der Waals surface area contributed by atoms with E-state index in [1.165, 1.54) is 5.56 Å². The summed E-state index contributed by atoms with van der Waals surface area (Å²) < 4.78 is 11.9. The van der Waals surface area contributed by atoms with E-state index in [1.54, 1.807) is 7.11 Å². The topological polar surface area (TPSA) is 72.4 Å². The summed E-state index contributed by atoms with van der Waals surface area (Å²) in [5, 5.41) is 4.31. The van der Waals surface area contributed by atoms with Crippen molar-refractivity contribution in [2.45, 2.75) is 19.6 Å². The number of nitrogens with one attached hydrogen (secondary N) is 1. The lowest BCUT2D eigenvalue weighted by Gasteiger charge is -2.25. The molecular weight excluding hydrogens is 474 g/mol. The molecule has 0 spiro atoms. The van der Waals surface area contributed by atoms with Crippen molar-refractivity contribution in [1.29, 1.82) is 0 Å². The summed E-state index contributed by atoms with van der Waals surface area (Å²) in [6, 6.07) is 26.5. The van der Waals surface area contributed by atoms with Gasteiger partial charge in [0.05, 0.1) is 18.3 Å². The molecule has 0 fully saturated rings. The van der Waals surface area contributed by atoms with Crippen LogP contribution in [-0.2, 0) is 19.6 Å². The van der Waals surface area contributed by atoms with Gasteiger partial charge in [-0.1, -0.05) is 66.7 Å². The number of anilines is 2. The molecule has 0 unspecified atom stereocenters. The Morgan fingerprint density at radius 2 is 1.74 bits per heavy atom. The lowest BCUT2D eigenvalue weighted by atomic mass is 10.0. The number of methoxy groups -OCH3 is 1. The van der Waals surface area contributed by atoms with Gasteiger partial charge in [0.25, 0.3) is 0 Å². The van der Waals surface area contributed by atoms with E-state index in [2.05, 4.69) is 52.6 Å². The Balaban J connectivity index is 1.35. The minimum atomic E-state index is 0.483. The van der Waals surface area contributed by atoms with Crippen LogP contribution < -0.4 is 14.8 Å². The van der Waals surface area contributed by atoms with Crippen LogP contribution in [0.25, 0.3) is 22.0 Å². The minimum absolute atomic E-state index is 0.483. The molecule has 1 N–H and O–H groups in total. The largest absolute Gasteiger partial charge is 0.488 e. The Morgan fingerprint density at radius 1 is 0.921 bits per heavy atom. The first kappa shape index (κ1) is 23.9. The van der Waals surface area contributed by atoms with Gasteiger partial charge in [-0.3, -0.25) is 0 Å². The molecule has 0 saturated carbocycles. The second-order valence-electron chi connectivity index (χ2n) is 9.47. The van der Waals surface area contributed by atoms with Crippen LogP contribution in [-0.4, -0.2) is 40.6 Å². The van der Waals surface area contributed by atoms with Gasteiger partial charge in [0.2, 0.25) is 11.8 Å². The molecule has 3 heterocycles. The molecule has 6 rings (SSSR count). The molecule has 0 atom stereocenters. The minimum Gasteiger partial charge on any atom is -0.488 e. The van der Waals surface area contributed by atoms with E-state index in [4.69, 9.17) is 19.4 Å². The van der Waals surface area contributed by atoms with E-state index in [0.29, 0.717) is 18.4 Å². The number of benzene rings is 3. The van der Waals surface area contributed by atoms with Crippen molar-refractivity contribution < 1.29 is 9.47 Å². The fourth-order valence-corrected chi connectivity index (χ4v) is 4.84. The van der Waals surface area contributed by atoms with Crippen LogP contribution in [0.5, 0.6) is 11.6 Å². The van der Waals surface area contributed by atoms with Gasteiger partial charge in [-0.05, 0) is 30.3 Å². The van der Waals surface area contributed by atoms with Crippen molar-refractivity contribution in [3.05, 3.63) is 102 Å². The van der Waals surface area contributed by atoms with Crippen molar-refractivity contribution in [3.8, 4) is 22.8 Å². The predicted octanol–water partition coefficient (Wildman–Crippen LogP) is 6.01. The second-order valence-corrected chi connectivity index (χ2v) is 9.47. The lowest BCUT2D eigenvalue weighted by molar-refractivity contribution is 0.307. The van der Waals surface area contributed by atoms with Gasteiger partial charge >= 0.3 is 0 Å². The van der Waals surface area contributed by atoms with E-state index < -0.39 is 0 Å². The van der Waals surface area contributed by atoms with Crippen molar-refractivity contribution in [1.82, 2.24) is 19.9 Å². The highest BCUT2D eigenvalue weighted by Crippen LogP contribution is 2.36. The van der Waals surface area contributed by atoms with Crippen LogP contribution in [0.2, 0.25) is 0 Å². The van der Waals surface area contributed by atoms with Gasteiger partial charge in [0, 0.05) is 42.2 Å². The number of ether oxygens (including phenoxy) is 2. The molecule has 0 saturated heterocycles. The molecule has 0 radical (unpaired) electrons. The SMILES string of the molecule is COc1nc2c(cc1Nc1ncc3cccc(-c4ccccc4OCc4ccccc4)c3n1)CN(C)CC2. The van der Waals surface area contributed by atoms with E-state index in [-0.39, 0.29) is 0 Å². The smallest absolute Gasteiger partial charge is 0.237 e. The molecule has 1 aliphatic rings. The van der Waals surface area contributed by atoms with E-state index in [1.807, 2.05) is 54.7 Å². The number of para-hydroxylation sites is 2. The maximum Gasteiger partial charge on any atom is 0.237 e. The van der Waals surface area contributed by atoms with Gasteiger partial charge in [-0.15, -0.1) is 0 Å². The summed E-state index contributed by atoms with van der Waals surface area (Å²) in [4.78, 5) is 16.6. The number of aromatic nitrogens is 3. The first-order chi connectivity index (χ1) is 18.7. The Bertz CT molecular complexity index is 1590. The summed E-state index contributed by atoms with van der Waals surface area (Å²) >= 11 is 0. The molecule has 7 heteroatoms. The zero-order valence-corrected chi connectivity index (χ0v) is 21.5. The second kappa shape index (κ2) is 10.5. The van der Waals surface area contributed by atoms with Crippen LogP contribution in [0.15, 0.2) is 85.1 Å². The van der Waals surface area contributed by atoms with Gasteiger partial charge < -0.3 is 19.7 Å². The standard InChI is InChI=1S/C31H29N5O2/c1-36-16-15-26-23(19-36)17-27(30(33-26)37-2)34-31-32-18-22-11-8-13-25(29(22)35-31)24-12-6-7-14-28(24)38-20-21-9-4-3-5-10-21/h3-14,17-18H,15-16,19-20H2,1-2H3,(H,32,34,35). The van der Waals surface area contributed by atoms with Crippen LogP contribution >= 0.6 is 0 Å². The third-order valence-electron chi connectivity index (χ3n) is 6.79. The molecular formula is C31H29N5O2.